The summed E-state index contributed by atoms with van der Waals surface area (Å²) in [6.45, 7) is 3.54. The lowest BCUT2D eigenvalue weighted by Crippen LogP contribution is -2.42. The summed E-state index contributed by atoms with van der Waals surface area (Å²) in [6, 6.07) is 0.447. The molecule has 0 radical (unpaired) electrons. The highest BCUT2D eigenvalue weighted by Gasteiger charge is 2.28. The zero-order valence-electron chi connectivity index (χ0n) is 13.8. The summed E-state index contributed by atoms with van der Waals surface area (Å²) in [5, 5.41) is 3.62. The Morgan fingerprint density at radius 2 is 2.13 bits per heavy atom. The Bertz CT molecular complexity index is 611. The van der Waals surface area contributed by atoms with Crippen molar-refractivity contribution in [3.63, 3.8) is 0 Å². The molecule has 0 aromatic carbocycles. The summed E-state index contributed by atoms with van der Waals surface area (Å²) in [5.74, 6) is -0.380. The second-order valence-electron chi connectivity index (χ2n) is 6.42. The van der Waals surface area contributed by atoms with Crippen molar-refractivity contribution in [2.45, 2.75) is 51.5 Å². The molecule has 1 aliphatic heterocycles. The van der Waals surface area contributed by atoms with Crippen LogP contribution in [0.2, 0.25) is 0 Å². The van der Waals surface area contributed by atoms with Crippen LogP contribution in [0, 0.1) is 0 Å². The van der Waals surface area contributed by atoms with Gasteiger partial charge in [-0.3, -0.25) is 9.69 Å². The molecule has 1 amide bonds. The number of fused-ring (bicyclic) bond motifs is 1. The van der Waals surface area contributed by atoms with E-state index in [0.717, 1.165) is 44.2 Å². The normalized spacial score (nSPS) is 21.0. The molecule has 0 bridgehead atoms. The van der Waals surface area contributed by atoms with Crippen molar-refractivity contribution in [1.29, 1.82) is 0 Å². The van der Waals surface area contributed by atoms with Crippen molar-refractivity contribution in [2.24, 2.45) is 0 Å². The SMILES string of the molecule is COC(=O)c1c(NC(=O)CN2CCCC[C@@H]2C)sc2c1CCC2. The van der Waals surface area contributed by atoms with Crippen LogP contribution >= 0.6 is 11.3 Å². The first-order chi connectivity index (χ1) is 11.1. The Hall–Kier alpha value is -1.40. The van der Waals surface area contributed by atoms with E-state index in [4.69, 9.17) is 4.74 Å². The number of carbonyl (C=O) groups excluding carboxylic acids is 2. The highest BCUT2D eigenvalue weighted by atomic mass is 32.1. The minimum Gasteiger partial charge on any atom is -0.465 e. The number of carbonyl (C=O) groups is 2. The van der Waals surface area contributed by atoms with Crippen molar-refractivity contribution >= 4 is 28.2 Å². The molecule has 2 aliphatic rings. The predicted octanol–water partition coefficient (Wildman–Crippen LogP) is 2.84. The second-order valence-corrected chi connectivity index (χ2v) is 7.52. The summed E-state index contributed by atoms with van der Waals surface area (Å²) in [4.78, 5) is 28.0. The number of nitrogens with one attached hydrogen (secondary N) is 1. The molecule has 1 aromatic rings. The van der Waals surface area contributed by atoms with Crippen LogP contribution in [-0.4, -0.2) is 43.0 Å². The monoisotopic (exact) mass is 336 g/mol. The molecular weight excluding hydrogens is 312 g/mol. The summed E-state index contributed by atoms with van der Waals surface area (Å²) in [5.41, 5.74) is 1.65. The van der Waals surface area contributed by atoms with Crippen molar-refractivity contribution < 1.29 is 14.3 Å². The number of anilines is 1. The molecule has 1 N–H and O–H groups in total. The largest absolute Gasteiger partial charge is 0.465 e. The smallest absolute Gasteiger partial charge is 0.341 e. The van der Waals surface area contributed by atoms with E-state index in [1.165, 1.54) is 29.7 Å². The standard InChI is InChI=1S/C17H24N2O3S/c1-11-6-3-4-9-19(11)10-14(20)18-16-15(17(21)22-2)12-7-5-8-13(12)23-16/h11H,3-10H2,1-2H3,(H,18,20)/t11-/m0/s1. The highest BCUT2D eigenvalue weighted by Crippen LogP contribution is 2.39. The van der Waals surface area contributed by atoms with Gasteiger partial charge in [0.05, 0.1) is 19.2 Å². The third-order valence-electron chi connectivity index (χ3n) is 4.85. The zero-order chi connectivity index (χ0) is 16.4. The number of piperidine rings is 1. The van der Waals surface area contributed by atoms with Crippen molar-refractivity contribution in [1.82, 2.24) is 4.90 Å². The first-order valence-corrected chi connectivity index (χ1v) is 9.18. The lowest BCUT2D eigenvalue weighted by Gasteiger charge is -2.32. The molecule has 1 aromatic heterocycles. The number of aryl methyl sites for hydroxylation is 1. The van der Waals surface area contributed by atoms with Gasteiger partial charge in [-0.05, 0) is 51.1 Å². The summed E-state index contributed by atoms with van der Waals surface area (Å²) >= 11 is 1.53. The van der Waals surface area contributed by atoms with Crippen LogP contribution in [0.1, 0.15) is 53.4 Å². The van der Waals surface area contributed by atoms with Gasteiger partial charge in [-0.2, -0.15) is 0 Å². The summed E-state index contributed by atoms with van der Waals surface area (Å²) in [6.07, 6.45) is 6.50. The summed E-state index contributed by atoms with van der Waals surface area (Å²) in [7, 11) is 1.39. The lowest BCUT2D eigenvalue weighted by molar-refractivity contribution is -0.118. The average molecular weight is 336 g/mol. The topological polar surface area (TPSA) is 58.6 Å². The van der Waals surface area contributed by atoms with Gasteiger partial charge >= 0.3 is 5.97 Å². The highest BCUT2D eigenvalue weighted by molar-refractivity contribution is 7.17. The van der Waals surface area contributed by atoms with Crippen LogP contribution in [0.4, 0.5) is 5.00 Å². The van der Waals surface area contributed by atoms with Gasteiger partial charge in [0.2, 0.25) is 5.91 Å². The Balaban J connectivity index is 1.72. The molecule has 2 heterocycles. The van der Waals surface area contributed by atoms with Gasteiger partial charge in [-0.25, -0.2) is 4.79 Å². The number of methoxy groups -OCH3 is 1. The number of hydrogen-bond donors (Lipinski definition) is 1. The average Bonchev–Trinajstić information content (AvgIpc) is 3.09. The molecule has 1 atom stereocenters. The molecule has 126 valence electrons. The molecule has 1 saturated heterocycles. The third kappa shape index (κ3) is 3.43. The molecule has 1 fully saturated rings. The maximum atomic E-state index is 12.4. The van der Waals surface area contributed by atoms with Gasteiger partial charge in [-0.1, -0.05) is 6.42 Å². The van der Waals surface area contributed by atoms with Gasteiger partial charge in [0, 0.05) is 10.9 Å². The van der Waals surface area contributed by atoms with Crippen LogP contribution in [0.15, 0.2) is 0 Å². The van der Waals surface area contributed by atoms with Crippen LogP contribution in [0.25, 0.3) is 0 Å². The van der Waals surface area contributed by atoms with E-state index in [-0.39, 0.29) is 11.9 Å². The molecule has 3 rings (SSSR count). The Labute approximate surface area is 141 Å². The first kappa shape index (κ1) is 16.5. The molecular formula is C17H24N2O3S. The van der Waals surface area contributed by atoms with E-state index in [1.54, 1.807) is 0 Å². The van der Waals surface area contributed by atoms with Crippen LogP contribution in [-0.2, 0) is 22.4 Å². The van der Waals surface area contributed by atoms with E-state index >= 15 is 0 Å². The van der Waals surface area contributed by atoms with Crippen molar-refractivity contribution in [2.75, 3.05) is 25.5 Å². The predicted molar refractivity (Wildman–Crippen MR) is 91.2 cm³/mol. The quantitative estimate of drug-likeness (QED) is 0.859. The number of amides is 1. The molecule has 5 nitrogen and oxygen atoms in total. The molecule has 23 heavy (non-hydrogen) atoms. The van der Waals surface area contributed by atoms with E-state index in [2.05, 4.69) is 17.1 Å². The Morgan fingerprint density at radius 1 is 1.30 bits per heavy atom. The number of rotatable bonds is 4. The fraction of sp³-hybridized carbons (Fsp3) is 0.647. The first-order valence-electron chi connectivity index (χ1n) is 8.37. The number of nitrogens with zero attached hydrogens (tertiary/aromatic N) is 1. The molecule has 0 unspecified atom stereocenters. The molecule has 0 saturated carbocycles. The van der Waals surface area contributed by atoms with Gasteiger partial charge in [0.15, 0.2) is 0 Å². The van der Waals surface area contributed by atoms with E-state index in [0.29, 0.717) is 23.2 Å². The lowest BCUT2D eigenvalue weighted by atomic mass is 10.0. The van der Waals surface area contributed by atoms with Crippen molar-refractivity contribution in [3.05, 3.63) is 16.0 Å². The van der Waals surface area contributed by atoms with Gasteiger partial charge in [0.1, 0.15) is 5.00 Å². The number of ether oxygens (including phenoxy) is 1. The fourth-order valence-corrected chi connectivity index (χ4v) is 4.85. The molecule has 1 aliphatic carbocycles. The third-order valence-corrected chi connectivity index (χ3v) is 6.06. The maximum Gasteiger partial charge on any atom is 0.341 e. The zero-order valence-corrected chi connectivity index (χ0v) is 14.6. The fourth-order valence-electron chi connectivity index (χ4n) is 3.55. The van der Waals surface area contributed by atoms with Gasteiger partial charge < -0.3 is 10.1 Å². The van der Waals surface area contributed by atoms with Crippen LogP contribution < -0.4 is 5.32 Å². The number of thiophene rings is 1. The Morgan fingerprint density at radius 3 is 2.87 bits per heavy atom. The van der Waals surface area contributed by atoms with Crippen LogP contribution in [0.3, 0.4) is 0 Å². The second kappa shape index (κ2) is 7.01. The number of esters is 1. The van der Waals surface area contributed by atoms with Crippen LogP contribution in [0.5, 0.6) is 0 Å². The number of hydrogen-bond acceptors (Lipinski definition) is 5. The van der Waals surface area contributed by atoms with Gasteiger partial charge in [0.25, 0.3) is 0 Å². The Kier molecular flexibility index (Phi) is 5.02. The molecule has 6 heteroatoms. The van der Waals surface area contributed by atoms with E-state index in [1.807, 2.05) is 0 Å². The van der Waals surface area contributed by atoms with E-state index < -0.39 is 0 Å². The summed E-state index contributed by atoms with van der Waals surface area (Å²) < 4.78 is 4.92. The number of likely N-dealkylation sites (tertiary alicyclic amines) is 1. The van der Waals surface area contributed by atoms with E-state index in [9.17, 15) is 9.59 Å². The van der Waals surface area contributed by atoms with Gasteiger partial charge in [-0.15, -0.1) is 11.3 Å². The molecule has 0 spiro atoms. The minimum absolute atomic E-state index is 0.0381. The maximum absolute atomic E-state index is 12.4. The van der Waals surface area contributed by atoms with Crippen molar-refractivity contribution in [3.8, 4) is 0 Å². The minimum atomic E-state index is -0.342.